The lowest BCUT2D eigenvalue weighted by Crippen LogP contribution is -2.35. The van der Waals surface area contributed by atoms with Gasteiger partial charge in [-0.25, -0.2) is 0 Å². The highest BCUT2D eigenvalue weighted by Crippen LogP contribution is 2.27. The standard InChI is InChI=1S/C12H15BrN2O4/c1-3-9(7-13)14-12(16)8-4-5-11(19-2)10(6-8)15(17)18/h4-6,9H,3,7H2,1-2H3,(H,14,16). The van der Waals surface area contributed by atoms with Gasteiger partial charge in [0.2, 0.25) is 0 Å². The highest BCUT2D eigenvalue weighted by Gasteiger charge is 2.19. The maximum atomic E-state index is 12.0. The van der Waals surface area contributed by atoms with Crippen LogP contribution in [0.25, 0.3) is 0 Å². The number of nitro benzene ring substituents is 1. The fourth-order valence-electron chi connectivity index (χ4n) is 1.49. The highest BCUT2D eigenvalue weighted by atomic mass is 79.9. The van der Waals surface area contributed by atoms with E-state index in [0.717, 1.165) is 6.42 Å². The van der Waals surface area contributed by atoms with Crippen LogP contribution in [0.4, 0.5) is 5.69 Å². The van der Waals surface area contributed by atoms with Gasteiger partial charge in [-0.1, -0.05) is 22.9 Å². The summed E-state index contributed by atoms with van der Waals surface area (Å²) < 4.78 is 4.88. The first-order valence-electron chi connectivity index (χ1n) is 5.72. The van der Waals surface area contributed by atoms with Gasteiger partial charge in [-0.15, -0.1) is 0 Å². The molecule has 0 bridgehead atoms. The van der Waals surface area contributed by atoms with Crippen LogP contribution >= 0.6 is 15.9 Å². The van der Waals surface area contributed by atoms with Crippen molar-refractivity contribution in [3.63, 3.8) is 0 Å². The SMILES string of the molecule is CCC(CBr)NC(=O)c1ccc(OC)c([N+](=O)[O-])c1. The van der Waals surface area contributed by atoms with E-state index >= 15 is 0 Å². The lowest BCUT2D eigenvalue weighted by molar-refractivity contribution is -0.385. The minimum atomic E-state index is -0.572. The number of ether oxygens (including phenoxy) is 1. The molecule has 0 saturated carbocycles. The van der Waals surface area contributed by atoms with Gasteiger partial charge in [0, 0.05) is 23.0 Å². The fourth-order valence-corrected chi connectivity index (χ4v) is 2.11. The molecule has 1 N–H and O–H groups in total. The Labute approximate surface area is 119 Å². The number of hydrogen-bond donors (Lipinski definition) is 1. The van der Waals surface area contributed by atoms with E-state index < -0.39 is 4.92 Å². The highest BCUT2D eigenvalue weighted by molar-refractivity contribution is 9.09. The van der Waals surface area contributed by atoms with Crippen LogP contribution in [0.2, 0.25) is 0 Å². The molecule has 1 rings (SSSR count). The molecule has 0 saturated heterocycles. The fraction of sp³-hybridized carbons (Fsp3) is 0.417. The van der Waals surface area contributed by atoms with Gasteiger partial charge in [0.05, 0.1) is 12.0 Å². The van der Waals surface area contributed by atoms with Crippen LogP contribution in [0.3, 0.4) is 0 Å². The molecule has 0 heterocycles. The molecule has 1 aromatic carbocycles. The number of alkyl halides is 1. The van der Waals surface area contributed by atoms with Crippen molar-refractivity contribution in [2.45, 2.75) is 19.4 Å². The van der Waals surface area contributed by atoms with E-state index in [1.807, 2.05) is 6.92 Å². The second-order valence-corrected chi connectivity index (χ2v) is 4.52. The number of carbonyl (C=O) groups is 1. The van der Waals surface area contributed by atoms with E-state index in [4.69, 9.17) is 4.74 Å². The average Bonchev–Trinajstić information content (AvgIpc) is 2.43. The zero-order valence-corrected chi connectivity index (χ0v) is 12.3. The molecule has 0 aliphatic carbocycles. The van der Waals surface area contributed by atoms with E-state index in [0.29, 0.717) is 5.33 Å². The van der Waals surface area contributed by atoms with Crippen molar-refractivity contribution in [3.8, 4) is 5.75 Å². The van der Waals surface area contributed by atoms with Crippen molar-refractivity contribution >= 4 is 27.5 Å². The summed E-state index contributed by atoms with van der Waals surface area (Å²) >= 11 is 3.29. The predicted molar refractivity (Wildman–Crippen MR) is 75.0 cm³/mol. The van der Waals surface area contributed by atoms with E-state index in [-0.39, 0.29) is 28.9 Å². The van der Waals surface area contributed by atoms with Crippen molar-refractivity contribution < 1.29 is 14.5 Å². The Bertz CT molecular complexity index is 475. The summed E-state index contributed by atoms with van der Waals surface area (Å²) in [5.74, 6) is -0.203. The summed E-state index contributed by atoms with van der Waals surface area (Å²) in [7, 11) is 1.35. The summed E-state index contributed by atoms with van der Waals surface area (Å²) in [6, 6.07) is 4.13. The van der Waals surface area contributed by atoms with Crippen LogP contribution in [-0.2, 0) is 0 Å². The summed E-state index contributed by atoms with van der Waals surface area (Å²) in [5.41, 5.74) is 0.0222. The molecule has 1 amide bonds. The lowest BCUT2D eigenvalue weighted by Gasteiger charge is -2.14. The van der Waals surface area contributed by atoms with Gasteiger partial charge < -0.3 is 10.1 Å². The van der Waals surface area contributed by atoms with Crippen molar-refractivity contribution in [2.24, 2.45) is 0 Å². The van der Waals surface area contributed by atoms with E-state index in [9.17, 15) is 14.9 Å². The third-order valence-corrected chi connectivity index (χ3v) is 3.43. The van der Waals surface area contributed by atoms with Gasteiger partial charge >= 0.3 is 5.69 Å². The number of carbonyl (C=O) groups excluding carboxylic acids is 1. The number of amides is 1. The van der Waals surface area contributed by atoms with Gasteiger partial charge in [-0.05, 0) is 18.6 Å². The molecule has 7 heteroatoms. The number of hydrogen-bond acceptors (Lipinski definition) is 4. The van der Waals surface area contributed by atoms with Crippen LogP contribution in [0.5, 0.6) is 5.75 Å². The summed E-state index contributed by atoms with van der Waals surface area (Å²) in [5, 5.41) is 14.3. The van der Waals surface area contributed by atoms with Gasteiger partial charge in [0.1, 0.15) is 0 Å². The first kappa shape index (κ1) is 15.4. The molecule has 0 radical (unpaired) electrons. The van der Waals surface area contributed by atoms with E-state index in [1.54, 1.807) is 0 Å². The zero-order chi connectivity index (χ0) is 14.4. The number of rotatable bonds is 6. The van der Waals surface area contributed by atoms with Crippen LogP contribution in [0.15, 0.2) is 18.2 Å². The van der Waals surface area contributed by atoms with Gasteiger partial charge in [0.15, 0.2) is 5.75 Å². The number of methoxy groups -OCH3 is 1. The number of nitrogens with one attached hydrogen (secondary N) is 1. The molecule has 0 spiro atoms. The molecule has 1 aromatic rings. The summed E-state index contributed by atoms with van der Waals surface area (Å²) in [6.45, 7) is 1.95. The third-order valence-electron chi connectivity index (χ3n) is 2.65. The van der Waals surface area contributed by atoms with Crippen LogP contribution in [0, 0.1) is 10.1 Å². The smallest absolute Gasteiger partial charge is 0.311 e. The van der Waals surface area contributed by atoms with Crippen molar-refractivity contribution in [3.05, 3.63) is 33.9 Å². The molecule has 0 aliphatic heterocycles. The minimum Gasteiger partial charge on any atom is -0.490 e. The Morgan fingerprint density at radius 1 is 1.58 bits per heavy atom. The monoisotopic (exact) mass is 330 g/mol. The average molecular weight is 331 g/mol. The molecule has 1 unspecified atom stereocenters. The Morgan fingerprint density at radius 3 is 2.74 bits per heavy atom. The van der Waals surface area contributed by atoms with Gasteiger partial charge in [-0.3, -0.25) is 14.9 Å². The number of nitrogens with zero attached hydrogens (tertiary/aromatic N) is 1. The molecular weight excluding hydrogens is 316 g/mol. The van der Waals surface area contributed by atoms with Crippen molar-refractivity contribution in [2.75, 3.05) is 12.4 Å². The molecule has 19 heavy (non-hydrogen) atoms. The summed E-state index contributed by atoms with van der Waals surface area (Å²) in [6.07, 6.45) is 0.773. The van der Waals surface area contributed by atoms with Crippen molar-refractivity contribution in [1.29, 1.82) is 0 Å². The lowest BCUT2D eigenvalue weighted by atomic mass is 10.1. The van der Waals surface area contributed by atoms with Gasteiger partial charge in [0.25, 0.3) is 5.91 Å². The Hall–Kier alpha value is -1.63. The molecule has 104 valence electrons. The molecule has 6 nitrogen and oxygen atoms in total. The third kappa shape index (κ3) is 3.92. The topological polar surface area (TPSA) is 81.5 Å². The minimum absolute atomic E-state index is 0.00587. The van der Waals surface area contributed by atoms with Crippen LogP contribution < -0.4 is 10.1 Å². The molecule has 0 aromatic heterocycles. The first-order valence-corrected chi connectivity index (χ1v) is 6.84. The Balaban J connectivity index is 2.98. The van der Waals surface area contributed by atoms with Crippen molar-refractivity contribution in [1.82, 2.24) is 5.32 Å². The number of halogens is 1. The van der Waals surface area contributed by atoms with Crippen LogP contribution in [-0.4, -0.2) is 29.3 Å². The zero-order valence-electron chi connectivity index (χ0n) is 10.7. The molecule has 1 atom stereocenters. The summed E-state index contributed by atoms with van der Waals surface area (Å²) in [4.78, 5) is 22.3. The van der Waals surface area contributed by atoms with E-state index in [2.05, 4.69) is 21.2 Å². The van der Waals surface area contributed by atoms with Crippen LogP contribution in [0.1, 0.15) is 23.7 Å². The quantitative estimate of drug-likeness (QED) is 0.493. The second-order valence-electron chi connectivity index (χ2n) is 3.88. The molecule has 0 fully saturated rings. The largest absolute Gasteiger partial charge is 0.490 e. The number of nitro groups is 1. The predicted octanol–water partition coefficient (Wildman–Crippen LogP) is 2.51. The molecule has 0 aliphatic rings. The van der Waals surface area contributed by atoms with E-state index in [1.165, 1.54) is 25.3 Å². The molecular formula is C12H15BrN2O4. The first-order chi connectivity index (χ1) is 9.03. The second kappa shape index (κ2) is 7.08. The Kier molecular flexibility index (Phi) is 5.75. The maximum absolute atomic E-state index is 12.0. The van der Waals surface area contributed by atoms with Gasteiger partial charge in [-0.2, -0.15) is 0 Å². The normalized spacial score (nSPS) is 11.7. The maximum Gasteiger partial charge on any atom is 0.311 e. The number of benzene rings is 1. The Morgan fingerprint density at radius 2 is 2.26 bits per heavy atom.